The minimum absolute atomic E-state index is 0.119. The van der Waals surface area contributed by atoms with E-state index in [0.29, 0.717) is 6.61 Å². The summed E-state index contributed by atoms with van der Waals surface area (Å²) >= 11 is 0. The van der Waals surface area contributed by atoms with Crippen LogP contribution in [0.4, 0.5) is 0 Å². The van der Waals surface area contributed by atoms with Gasteiger partial charge >= 0.3 is 0 Å². The minimum atomic E-state index is -0.161. The van der Waals surface area contributed by atoms with Crippen LogP contribution in [0.15, 0.2) is 24.3 Å². The normalized spacial score (nSPS) is 20.6. The van der Waals surface area contributed by atoms with Crippen LogP contribution in [0, 0.1) is 6.92 Å². The minimum Gasteiger partial charge on any atom is -0.364 e. The van der Waals surface area contributed by atoms with Gasteiger partial charge in [-0.1, -0.05) is 24.3 Å². The lowest BCUT2D eigenvalue weighted by molar-refractivity contribution is 0.0953. The van der Waals surface area contributed by atoms with E-state index >= 15 is 0 Å². The first-order chi connectivity index (χ1) is 5.79. The quantitative estimate of drug-likeness (QED) is 0.488. The molecular formula is C10H10O2. The molecule has 1 saturated heterocycles. The molecule has 0 radical (unpaired) electrons. The third-order valence-corrected chi connectivity index (χ3v) is 2.04. The van der Waals surface area contributed by atoms with Gasteiger partial charge in [0.25, 0.3) is 0 Å². The zero-order valence-corrected chi connectivity index (χ0v) is 6.91. The van der Waals surface area contributed by atoms with E-state index in [2.05, 4.69) is 0 Å². The Bertz CT molecular complexity index is 313. The maximum Gasteiger partial charge on any atom is 0.194 e. The molecule has 0 aromatic heterocycles. The number of hydrogen-bond acceptors (Lipinski definition) is 2. The second kappa shape index (κ2) is 2.72. The number of ketones is 1. The van der Waals surface area contributed by atoms with Gasteiger partial charge in [-0.3, -0.25) is 4.79 Å². The van der Waals surface area contributed by atoms with Gasteiger partial charge in [-0.2, -0.15) is 0 Å². The monoisotopic (exact) mass is 162 g/mol. The van der Waals surface area contributed by atoms with Gasteiger partial charge in [-0.15, -0.1) is 0 Å². The van der Waals surface area contributed by atoms with Gasteiger partial charge in [-0.25, -0.2) is 0 Å². The molecule has 1 aromatic carbocycles. The van der Waals surface area contributed by atoms with E-state index in [-0.39, 0.29) is 11.9 Å². The van der Waals surface area contributed by atoms with Crippen molar-refractivity contribution in [2.75, 3.05) is 6.61 Å². The number of benzene rings is 1. The van der Waals surface area contributed by atoms with Gasteiger partial charge in [0.1, 0.15) is 6.10 Å². The molecule has 1 fully saturated rings. The highest BCUT2D eigenvalue weighted by molar-refractivity contribution is 6.01. The fourth-order valence-corrected chi connectivity index (χ4v) is 1.22. The molecule has 0 spiro atoms. The zero-order chi connectivity index (χ0) is 8.55. The van der Waals surface area contributed by atoms with Crippen LogP contribution in [0.1, 0.15) is 15.9 Å². The molecule has 12 heavy (non-hydrogen) atoms. The molecule has 0 saturated carbocycles. The summed E-state index contributed by atoms with van der Waals surface area (Å²) in [5.41, 5.74) is 1.82. The number of carbonyl (C=O) groups is 1. The van der Waals surface area contributed by atoms with E-state index in [9.17, 15) is 4.79 Å². The molecule has 1 aromatic rings. The first-order valence-corrected chi connectivity index (χ1v) is 4.00. The average Bonchev–Trinajstić information content (AvgIpc) is 2.86. The van der Waals surface area contributed by atoms with Crippen LogP contribution in [0.3, 0.4) is 0 Å². The summed E-state index contributed by atoms with van der Waals surface area (Å²) in [5.74, 6) is 0.119. The molecule has 1 aliphatic rings. The molecule has 0 aliphatic carbocycles. The second-order valence-electron chi connectivity index (χ2n) is 3.00. The molecule has 0 bridgehead atoms. The van der Waals surface area contributed by atoms with Gasteiger partial charge in [0.15, 0.2) is 5.78 Å². The summed E-state index contributed by atoms with van der Waals surface area (Å²) in [5, 5.41) is 0. The molecule has 2 rings (SSSR count). The van der Waals surface area contributed by atoms with Gasteiger partial charge in [0.2, 0.25) is 0 Å². The van der Waals surface area contributed by atoms with Crippen molar-refractivity contribution in [1.82, 2.24) is 0 Å². The Hall–Kier alpha value is -1.15. The first kappa shape index (κ1) is 7.50. The maximum atomic E-state index is 11.5. The summed E-state index contributed by atoms with van der Waals surface area (Å²) in [4.78, 5) is 11.5. The van der Waals surface area contributed by atoms with Crippen molar-refractivity contribution in [2.24, 2.45) is 0 Å². The second-order valence-corrected chi connectivity index (χ2v) is 3.00. The number of rotatable bonds is 2. The van der Waals surface area contributed by atoms with Crippen molar-refractivity contribution in [2.45, 2.75) is 13.0 Å². The number of epoxide rings is 1. The summed E-state index contributed by atoms with van der Waals surface area (Å²) in [6.45, 7) is 2.53. The largest absolute Gasteiger partial charge is 0.364 e. The van der Waals surface area contributed by atoms with E-state index < -0.39 is 0 Å². The molecule has 1 heterocycles. The van der Waals surface area contributed by atoms with Crippen LogP contribution < -0.4 is 0 Å². The van der Waals surface area contributed by atoms with Crippen LogP contribution in [-0.2, 0) is 4.74 Å². The van der Waals surface area contributed by atoms with Gasteiger partial charge in [0, 0.05) is 5.56 Å². The van der Waals surface area contributed by atoms with Crippen molar-refractivity contribution in [3.63, 3.8) is 0 Å². The van der Waals surface area contributed by atoms with Crippen LogP contribution in [0.2, 0.25) is 0 Å². The standard InChI is InChI=1S/C10H10O2/c1-7-4-2-3-5-8(7)10(11)9-6-12-9/h2-5,9H,6H2,1H3. The van der Waals surface area contributed by atoms with Crippen molar-refractivity contribution in [3.8, 4) is 0 Å². The summed E-state index contributed by atoms with van der Waals surface area (Å²) < 4.78 is 4.93. The lowest BCUT2D eigenvalue weighted by atomic mass is 10.0. The van der Waals surface area contributed by atoms with Gasteiger partial charge < -0.3 is 4.74 Å². The molecule has 2 nitrogen and oxygen atoms in total. The average molecular weight is 162 g/mol. The number of carbonyl (C=O) groups excluding carboxylic acids is 1. The smallest absolute Gasteiger partial charge is 0.194 e. The Morgan fingerprint density at radius 2 is 2.17 bits per heavy atom. The van der Waals surface area contributed by atoms with Crippen molar-refractivity contribution < 1.29 is 9.53 Å². The zero-order valence-electron chi connectivity index (χ0n) is 6.91. The van der Waals surface area contributed by atoms with Gasteiger partial charge in [0.05, 0.1) is 6.61 Å². The van der Waals surface area contributed by atoms with E-state index in [1.807, 2.05) is 31.2 Å². The van der Waals surface area contributed by atoms with Crippen LogP contribution >= 0.6 is 0 Å². The molecule has 0 N–H and O–H groups in total. The third-order valence-electron chi connectivity index (χ3n) is 2.04. The Kier molecular flexibility index (Phi) is 1.70. The SMILES string of the molecule is Cc1ccccc1C(=O)C1CO1. The highest BCUT2D eigenvalue weighted by Crippen LogP contribution is 2.18. The predicted octanol–water partition coefficient (Wildman–Crippen LogP) is 1.58. The van der Waals surface area contributed by atoms with Gasteiger partial charge in [-0.05, 0) is 12.5 Å². The topological polar surface area (TPSA) is 29.6 Å². The summed E-state index contributed by atoms with van der Waals surface area (Å²) in [6.07, 6.45) is -0.161. The Morgan fingerprint density at radius 1 is 1.50 bits per heavy atom. The molecule has 0 amide bonds. The number of ether oxygens (including phenoxy) is 1. The first-order valence-electron chi connectivity index (χ1n) is 4.00. The van der Waals surface area contributed by atoms with Crippen molar-refractivity contribution in [3.05, 3.63) is 35.4 Å². The number of aryl methyl sites for hydroxylation is 1. The van der Waals surface area contributed by atoms with E-state index in [1.54, 1.807) is 0 Å². The Morgan fingerprint density at radius 3 is 2.75 bits per heavy atom. The van der Waals surface area contributed by atoms with E-state index in [1.165, 1.54) is 0 Å². The van der Waals surface area contributed by atoms with E-state index in [4.69, 9.17) is 4.74 Å². The molecule has 1 atom stereocenters. The van der Waals surface area contributed by atoms with Crippen molar-refractivity contribution in [1.29, 1.82) is 0 Å². The Balaban J connectivity index is 2.32. The molecule has 62 valence electrons. The lowest BCUT2D eigenvalue weighted by Gasteiger charge is -2.00. The van der Waals surface area contributed by atoms with Crippen LogP contribution in [-0.4, -0.2) is 18.5 Å². The summed E-state index contributed by atoms with van der Waals surface area (Å²) in [7, 11) is 0. The summed E-state index contributed by atoms with van der Waals surface area (Å²) in [6, 6.07) is 7.59. The third kappa shape index (κ3) is 1.25. The number of Topliss-reactive ketones (excluding diaryl/α,β-unsaturated/α-hetero) is 1. The predicted molar refractivity (Wildman–Crippen MR) is 45.2 cm³/mol. The highest BCUT2D eigenvalue weighted by Gasteiger charge is 2.32. The fourth-order valence-electron chi connectivity index (χ4n) is 1.22. The van der Waals surface area contributed by atoms with E-state index in [0.717, 1.165) is 11.1 Å². The number of hydrogen-bond donors (Lipinski definition) is 0. The van der Waals surface area contributed by atoms with Crippen molar-refractivity contribution >= 4 is 5.78 Å². The molecule has 1 aliphatic heterocycles. The molecular weight excluding hydrogens is 152 g/mol. The van der Waals surface area contributed by atoms with Crippen LogP contribution in [0.5, 0.6) is 0 Å². The fraction of sp³-hybridized carbons (Fsp3) is 0.300. The van der Waals surface area contributed by atoms with Crippen LogP contribution in [0.25, 0.3) is 0 Å². The maximum absolute atomic E-state index is 11.5. The molecule has 1 unspecified atom stereocenters. The Labute approximate surface area is 71.2 Å². The molecule has 2 heteroatoms. The lowest BCUT2D eigenvalue weighted by Crippen LogP contribution is -2.08. The highest BCUT2D eigenvalue weighted by atomic mass is 16.6.